The van der Waals surface area contributed by atoms with Crippen molar-refractivity contribution in [3.63, 3.8) is 0 Å². The van der Waals surface area contributed by atoms with E-state index in [0.717, 1.165) is 5.56 Å². The molecule has 1 aliphatic carbocycles. The van der Waals surface area contributed by atoms with Crippen LogP contribution < -0.4 is 0 Å². The molecular formula is C20H22ClFO4S. The van der Waals surface area contributed by atoms with Crippen LogP contribution in [-0.2, 0) is 14.3 Å². The summed E-state index contributed by atoms with van der Waals surface area (Å²) in [6, 6.07) is 11.0. The summed E-state index contributed by atoms with van der Waals surface area (Å²) in [5.41, 5.74) is 0.284. The van der Waals surface area contributed by atoms with Crippen LogP contribution in [-0.4, -0.2) is 25.7 Å². The number of aliphatic hydroxyl groups is 1. The summed E-state index contributed by atoms with van der Waals surface area (Å²) >= 11 is 5.79. The van der Waals surface area contributed by atoms with Gasteiger partial charge in [0.25, 0.3) is 10.1 Å². The molecule has 1 saturated carbocycles. The largest absolute Gasteiger partial charge is 0.387 e. The highest BCUT2D eigenvalue weighted by molar-refractivity contribution is 7.86. The Kier molecular flexibility index (Phi) is 5.91. The molecule has 0 aliphatic heterocycles. The number of halogens is 2. The maximum Gasteiger partial charge on any atom is 0.297 e. The van der Waals surface area contributed by atoms with Crippen LogP contribution in [0.1, 0.15) is 42.7 Å². The first-order valence-corrected chi connectivity index (χ1v) is 10.6. The third-order valence-electron chi connectivity index (χ3n) is 5.11. The van der Waals surface area contributed by atoms with E-state index in [1.165, 1.54) is 18.2 Å². The summed E-state index contributed by atoms with van der Waals surface area (Å²) < 4.78 is 43.8. The normalized spacial score (nSPS) is 23.3. The topological polar surface area (TPSA) is 63.6 Å². The van der Waals surface area contributed by atoms with E-state index in [1.54, 1.807) is 24.3 Å². The van der Waals surface area contributed by atoms with Gasteiger partial charge in [0.15, 0.2) is 0 Å². The molecular weight excluding hydrogens is 391 g/mol. The fraction of sp³-hybridized carbons (Fsp3) is 0.400. The molecule has 7 heteroatoms. The highest BCUT2D eigenvalue weighted by Gasteiger charge is 2.36. The Labute approximate surface area is 164 Å². The van der Waals surface area contributed by atoms with Crippen LogP contribution in [0.3, 0.4) is 0 Å². The van der Waals surface area contributed by atoms with Gasteiger partial charge in [-0.2, -0.15) is 8.42 Å². The quantitative estimate of drug-likeness (QED) is 0.730. The zero-order valence-corrected chi connectivity index (χ0v) is 16.6. The molecule has 4 nitrogen and oxygen atoms in total. The highest BCUT2D eigenvalue weighted by Crippen LogP contribution is 2.39. The van der Waals surface area contributed by atoms with Gasteiger partial charge in [-0.15, -0.1) is 0 Å². The predicted octanol–water partition coefficient (Wildman–Crippen LogP) is 4.58. The van der Waals surface area contributed by atoms with Gasteiger partial charge in [-0.1, -0.05) is 35.4 Å². The van der Waals surface area contributed by atoms with Gasteiger partial charge in [-0.05, 0) is 68.4 Å². The average molecular weight is 413 g/mol. The monoisotopic (exact) mass is 412 g/mol. The molecule has 1 aliphatic rings. The minimum atomic E-state index is -3.93. The van der Waals surface area contributed by atoms with Crippen molar-refractivity contribution >= 4 is 21.7 Å². The van der Waals surface area contributed by atoms with Gasteiger partial charge in [0.05, 0.1) is 17.1 Å². The molecule has 2 aromatic carbocycles. The van der Waals surface area contributed by atoms with Crippen LogP contribution in [0.15, 0.2) is 47.4 Å². The van der Waals surface area contributed by atoms with E-state index in [0.29, 0.717) is 36.3 Å². The van der Waals surface area contributed by atoms with E-state index in [2.05, 4.69) is 0 Å². The predicted molar refractivity (Wildman–Crippen MR) is 102 cm³/mol. The Morgan fingerprint density at radius 3 is 2.41 bits per heavy atom. The minimum absolute atomic E-state index is 0.0313. The van der Waals surface area contributed by atoms with Crippen LogP contribution in [0.4, 0.5) is 4.39 Å². The van der Waals surface area contributed by atoms with Crippen LogP contribution in [0.25, 0.3) is 0 Å². The molecule has 0 bridgehead atoms. The number of hydrogen-bond donors (Lipinski definition) is 1. The molecule has 3 rings (SSSR count). The van der Waals surface area contributed by atoms with E-state index >= 15 is 0 Å². The second kappa shape index (κ2) is 7.87. The van der Waals surface area contributed by atoms with Gasteiger partial charge in [0.1, 0.15) is 5.82 Å². The van der Waals surface area contributed by atoms with E-state index in [1.807, 2.05) is 6.92 Å². The van der Waals surface area contributed by atoms with Crippen molar-refractivity contribution in [2.45, 2.75) is 49.0 Å². The molecule has 0 atom stereocenters. The van der Waals surface area contributed by atoms with Gasteiger partial charge >= 0.3 is 0 Å². The van der Waals surface area contributed by atoms with Gasteiger partial charge in [0, 0.05) is 5.02 Å². The fourth-order valence-corrected chi connectivity index (χ4v) is 4.54. The van der Waals surface area contributed by atoms with Crippen molar-refractivity contribution in [3.8, 4) is 0 Å². The summed E-state index contributed by atoms with van der Waals surface area (Å²) in [6.07, 6.45) is 1.76. The molecule has 27 heavy (non-hydrogen) atoms. The Morgan fingerprint density at radius 1 is 1.19 bits per heavy atom. The van der Waals surface area contributed by atoms with Crippen LogP contribution >= 0.6 is 11.6 Å². The van der Waals surface area contributed by atoms with Gasteiger partial charge < -0.3 is 5.11 Å². The molecule has 0 saturated heterocycles. The van der Waals surface area contributed by atoms with Crippen LogP contribution in [0.5, 0.6) is 0 Å². The van der Waals surface area contributed by atoms with Crippen molar-refractivity contribution in [2.75, 3.05) is 6.61 Å². The smallest absolute Gasteiger partial charge is 0.297 e. The molecule has 0 heterocycles. The maximum absolute atomic E-state index is 14.1. The van der Waals surface area contributed by atoms with Crippen LogP contribution in [0.2, 0.25) is 5.02 Å². The SMILES string of the molecule is Cc1ccc(S(=O)(=O)OC[C@]2(O)CC[C@@H](c3ccc(Cl)cc3F)CC2)cc1. The summed E-state index contributed by atoms with van der Waals surface area (Å²) in [5.74, 6) is -0.382. The lowest BCUT2D eigenvalue weighted by atomic mass is 9.76. The first-order valence-electron chi connectivity index (χ1n) is 8.82. The molecule has 1 fully saturated rings. The third kappa shape index (κ3) is 4.88. The molecule has 0 unspecified atom stereocenters. The Morgan fingerprint density at radius 2 is 1.81 bits per heavy atom. The van der Waals surface area contributed by atoms with Crippen molar-refractivity contribution < 1.29 is 22.1 Å². The number of aryl methyl sites for hydroxylation is 1. The average Bonchev–Trinajstić information content (AvgIpc) is 2.62. The summed E-state index contributed by atoms with van der Waals surface area (Å²) in [6.45, 7) is 1.56. The molecule has 0 aromatic heterocycles. The lowest BCUT2D eigenvalue weighted by Crippen LogP contribution is -2.39. The first kappa shape index (κ1) is 20.3. The Hall–Kier alpha value is -1.47. The van der Waals surface area contributed by atoms with E-state index in [9.17, 15) is 17.9 Å². The zero-order chi connectivity index (χ0) is 19.7. The molecule has 0 amide bonds. The maximum atomic E-state index is 14.1. The Balaban J connectivity index is 1.61. The van der Waals surface area contributed by atoms with E-state index in [4.69, 9.17) is 15.8 Å². The molecule has 146 valence electrons. The number of benzene rings is 2. The summed E-state index contributed by atoms with van der Waals surface area (Å²) in [7, 11) is -3.93. The summed E-state index contributed by atoms with van der Waals surface area (Å²) in [5, 5.41) is 11.0. The van der Waals surface area contributed by atoms with E-state index < -0.39 is 15.7 Å². The minimum Gasteiger partial charge on any atom is -0.387 e. The number of rotatable bonds is 5. The molecule has 0 radical (unpaired) electrons. The van der Waals surface area contributed by atoms with Crippen LogP contribution in [0, 0.1) is 12.7 Å². The molecule has 1 N–H and O–H groups in total. The second-order valence-corrected chi connectivity index (χ2v) is 9.25. The van der Waals surface area contributed by atoms with Gasteiger partial charge in [-0.25, -0.2) is 4.39 Å². The lowest BCUT2D eigenvalue weighted by Gasteiger charge is -2.35. The van der Waals surface area contributed by atoms with Gasteiger partial charge in [-0.3, -0.25) is 4.18 Å². The Bertz CT molecular complexity index is 904. The van der Waals surface area contributed by atoms with Crippen molar-refractivity contribution in [1.82, 2.24) is 0 Å². The van der Waals surface area contributed by atoms with Crippen molar-refractivity contribution in [2.24, 2.45) is 0 Å². The highest BCUT2D eigenvalue weighted by atomic mass is 35.5. The first-order chi connectivity index (χ1) is 12.7. The van der Waals surface area contributed by atoms with Crippen molar-refractivity contribution in [1.29, 1.82) is 0 Å². The summed E-state index contributed by atoms with van der Waals surface area (Å²) in [4.78, 5) is 0.0635. The van der Waals surface area contributed by atoms with E-state index in [-0.39, 0.29) is 23.2 Å². The molecule has 2 aromatic rings. The lowest BCUT2D eigenvalue weighted by molar-refractivity contribution is -0.0363. The number of hydrogen-bond acceptors (Lipinski definition) is 4. The molecule has 0 spiro atoms. The van der Waals surface area contributed by atoms with Gasteiger partial charge in [0.2, 0.25) is 0 Å². The second-order valence-electron chi connectivity index (χ2n) is 7.19. The standard InChI is InChI=1S/C20H22ClFO4S/c1-14-2-5-17(6-3-14)27(24,25)26-13-20(23)10-8-15(9-11-20)18-7-4-16(21)12-19(18)22/h2-7,12,15,23H,8-11,13H2,1H3/t15-,20+. The van der Waals surface area contributed by atoms with Crippen molar-refractivity contribution in [3.05, 3.63) is 64.4 Å². The third-order valence-corrected chi connectivity index (χ3v) is 6.62. The fourth-order valence-electron chi connectivity index (χ4n) is 3.40. The zero-order valence-electron chi connectivity index (χ0n) is 15.0.